The molecule has 2 aromatic rings. The molecule has 2 rings (SSSR count). The van der Waals surface area contributed by atoms with Gasteiger partial charge in [-0.25, -0.2) is 0 Å². The normalized spacial score (nSPS) is 12.7. The average molecular weight is 281 g/mol. The molecule has 0 amide bonds. The topological polar surface area (TPSA) is 12.0 Å². The van der Waals surface area contributed by atoms with Gasteiger partial charge in [0.05, 0.1) is 0 Å². The smallest absolute Gasteiger partial charge is 0.0361 e. The molecule has 2 aromatic carbocycles. The molecule has 0 fully saturated rings. The van der Waals surface area contributed by atoms with Crippen LogP contribution in [-0.4, -0.2) is 7.05 Å². The van der Waals surface area contributed by atoms with E-state index < -0.39 is 0 Å². The summed E-state index contributed by atoms with van der Waals surface area (Å²) in [6.07, 6.45) is 1.03. The van der Waals surface area contributed by atoms with E-state index >= 15 is 0 Å². The third kappa shape index (κ3) is 3.74. The van der Waals surface area contributed by atoms with Gasteiger partial charge < -0.3 is 5.32 Å². The summed E-state index contributed by atoms with van der Waals surface area (Å²) in [7, 11) is 2.05. The minimum atomic E-state index is 0.370. The molecule has 0 bridgehead atoms. The molecular weight excluding hydrogens is 254 g/mol. The highest BCUT2D eigenvalue weighted by molar-refractivity contribution is 5.36. The van der Waals surface area contributed by atoms with Crippen LogP contribution in [0.4, 0.5) is 0 Å². The van der Waals surface area contributed by atoms with Gasteiger partial charge in [0, 0.05) is 6.04 Å². The third-order valence-electron chi connectivity index (χ3n) is 4.46. The second kappa shape index (κ2) is 6.91. The molecule has 1 nitrogen and oxygen atoms in total. The highest BCUT2D eigenvalue weighted by atomic mass is 14.9. The Bertz CT molecular complexity index is 581. The molecule has 1 heteroatoms. The van der Waals surface area contributed by atoms with Gasteiger partial charge in [-0.05, 0) is 61.1 Å². The van der Waals surface area contributed by atoms with E-state index in [9.17, 15) is 0 Å². The molecule has 1 N–H and O–H groups in total. The lowest BCUT2D eigenvalue weighted by atomic mass is 9.92. The number of aryl methyl sites for hydroxylation is 1. The quantitative estimate of drug-likeness (QED) is 0.819. The van der Waals surface area contributed by atoms with Crippen molar-refractivity contribution in [2.75, 3.05) is 7.05 Å². The fraction of sp³-hybridized carbons (Fsp3) is 0.400. The van der Waals surface area contributed by atoms with Crippen LogP contribution in [-0.2, 0) is 6.42 Å². The zero-order valence-electron chi connectivity index (χ0n) is 13.9. The molecule has 0 saturated carbocycles. The van der Waals surface area contributed by atoms with E-state index in [0.29, 0.717) is 12.0 Å². The van der Waals surface area contributed by atoms with Crippen molar-refractivity contribution in [3.8, 4) is 0 Å². The van der Waals surface area contributed by atoms with Crippen LogP contribution < -0.4 is 5.32 Å². The summed E-state index contributed by atoms with van der Waals surface area (Å²) in [5.41, 5.74) is 6.97. The highest BCUT2D eigenvalue weighted by Gasteiger charge is 2.13. The van der Waals surface area contributed by atoms with Crippen LogP contribution in [0.3, 0.4) is 0 Å². The van der Waals surface area contributed by atoms with Crippen LogP contribution in [0.25, 0.3) is 0 Å². The monoisotopic (exact) mass is 281 g/mol. The number of hydrogen-bond acceptors (Lipinski definition) is 1. The van der Waals surface area contributed by atoms with Gasteiger partial charge in [-0.3, -0.25) is 0 Å². The minimum absolute atomic E-state index is 0.370. The maximum Gasteiger partial charge on any atom is 0.0361 e. The largest absolute Gasteiger partial charge is 0.313 e. The van der Waals surface area contributed by atoms with Crippen LogP contribution in [0.2, 0.25) is 0 Å². The van der Waals surface area contributed by atoms with E-state index in [1.165, 1.54) is 27.8 Å². The van der Waals surface area contributed by atoms with E-state index in [1.54, 1.807) is 0 Å². The Morgan fingerprint density at radius 1 is 0.952 bits per heavy atom. The summed E-state index contributed by atoms with van der Waals surface area (Å²) >= 11 is 0. The van der Waals surface area contributed by atoms with Crippen molar-refractivity contribution in [1.29, 1.82) is 0 Å². The second-order valence-electron chi connectivity index (χ2n) is 6.23. The molecule has 0 saturated heterocycles. The number of likely N-dealkylation sites (N-methyl/N-ethyl adjacent to an activating group) is 1. The summed E-state index contributed by atoms with van der Waals surface area (Å²) in [5, 5.41) is 3.47. The van der Waals surface area contributed by atoms with Gasteiger partial charge in [-0.2, -0.15) is 0 Å². The van der Waals surface area contributed by atoms with Gasteiger partial charge in [-0.15, -0.1) is 0 Å². The van der Waals surface area contributed by atoms with Crippen molar-refractivity contribution in [2.24, 2.45) is 0 Å². The molecule has 0 radical (unpaired) electrons. The SMILES string of the molecule is CNC(Cc1ccc(C(C)C)cc1)c1cccc(C)c1C. The van der Waals surface area contributed by atoms with Crippen LogP contribution in [0.1, 0.15) is 53.6 Å². The Morgan fingerprint density at radius 2 is 1.62 bits per heavy atom. The number of nitrogens with one attached hydrogen (secondary N) is 1. The number of hydrogen-bond donors (Lipinski definition) is 1. The van der Waals surface area contributed by atoms with Crippen LogP contribution in [0, 0.1) is 13.8 Å². The minimum Gasteiger partial charge on any atom is -0.313 e. The first-order valence-corrected chi connectivity index (χ1v) is 7.85. The van der Waals surface area contributed by atoms with Gasteiger partial charge in [0.25, 0.3) is 0 Å². The first kappa shape index (κ1) is 15.8. The Morgan fingerprint density at radius 3 is 2.19 bits per heavy atom. The summed E-state index contributed by atoms with van der Waals surface area (Å²) in [4.78, 5) is 0. The van der Waals surface area contributed by atoms with Gasteiger partial charge in [0.2, 0.25) is 0 Å². The van der Waals surface area contributed by atoms with Gasteiger partial charge >= 0.3 is 0 Å². The molecule has 0 aliphatic heterocycles. The Kier molecular flexibility index (Phi) is 5.19. The van der Waals surface area contributed by atoms with Gasteiger partial charge in [0.15, 0.2) is 0 Å². The summed E-state index contributed by atoms with van der Waals surface area (Å²) in [5.74, 6) is 0.596. The second-order valence-corrected chi connectivity index (χ2v) is 6.23. The first-order valence-electron chi connectivity index (χ1n) is 7.85. The predicted molar refractivity (Wildman–Crippen MR) is 92.0 cm³/mol. The maximum absolute atomic E-state index is 3.47. The molecular formula is C20H27N. The molecule has 0 aliphatic rings. The number of rotatable bonds is 5. The van der Waals surface area contributed by atoms with E-state index in [4.69, 9.17) is 0 Å². The molecule has 0 aliphatic carbocycles. The lowest BCUT2D eigenvalue weighted by molar-refractivity contribution is 0.588. The van der Waals surface area contributed by atoms with Crippen LogP contribution in [0.5, 0.6) is 0 Å². The molecule has 112 valence electrons. The van der Waals surface area contributed by atoms with Gasteiger partial charge in [-0.1, -0.05) is 56.3 Å². The fourth-order valence-corrected chi connectivity index (χ4v) is 2.79. The molecule has 1 unspecified atom stereocenters. The van der Waals surface area contributed by atoms with Crippen molar-refractivity contribution >= 4 is 0 Å². The van der Waals surface area contributed by atoms with Crippen molar-refractivity contribution in [2.45, 2.75) is 46.1 Å². The van der Waals surface area contributed by atoms with Crippen LogP contribution >= 0.6 is 0 Å². The molecule has 1 atom stereocenters. The Labute approximate surface area is 129 Å². The standard InChI is InChI=1S/C20H27N/c1-14(2)18-11-9-17(10-12-18)13-20(21-5)19-8-6-7-15(3)16(19)4/h6-12,14,20-21H,13H2,1-5H3. The maximum atomic E-state index is 3.47. The number of benzene rings is 2. The first-order chi connectivity index (χ1) is 10.0. The van der Waals surface area contributed by atoms with Crippen molar-refractivity contribution in [3.63, 3.8) is 0 Å². The Hall–Kier alpha value is -1.60. The average Bonchev–Trinajstić information content (AvgIpc) is 2.48. The zero-order chi connectivity index (χ0) is 15.4. The van der Waals surface area contributed by atoms with Crippen molar-refractivity contribution in [3.05, 3.63) is 70.3 Å². The van der Waals surface area contributed by atoms with Gasteiger partial charge in [0.1, 0.15) is 0 Å². The summed E-state index contributed by atoms with van der Waals surface area (Å²) < 4.78 is 0. The van der Waals surface area contributed by atoms with E-state index in [2.05, 4.69) is 82.5 Å². The predicted octanol–water partition coefficient (Wildman–Crippen LogP) is 4.93. The van der Waals surface area contributed by atoms with E-state index in [-0.39, 0.29) is 0 Å². The third-order valence-corrected chi connectivity index (χ3v) is 4.46. The molecule has 21 heavy (non-hydrogen) atoms. The molecule has 0 spiro atoms. The Balaban J connectivity index is 2.21. The van der Waals surface area contributed by atoms with E-state index in [0.717, 1.165) is 6.42 Å². The fourth-order valence-electron chi connectivity index (χ4n) is 2.79. The molecule has 0 aromatic heterocycles. The van der Waals surface area contributed by atoms with Crippen LogP contribution in [0.15, 0.2) is 42.5 Å². The van der Waals surface area contributed by atoms with Crippen molar-refractivity contribution < 1.29 is 0 Å². The molecule has 0 heterocycles. The van der Waals surface area contributed by atoms with Crippen molar-refractivity contribution in [1.82, 2.24) is 5.32 Å². The van der Waals surface area contributed by atoms with E-state index in [1.807, 2.05) is 0 Å². The zero-order valence-corrected chi connectivity index (χ0v) is 13.9. The lowest BCUT2D eigenvalue weighted by Crippen LogP contribution is -2.20. The lowest BCUT2D eigenvalue weighted by Gasteiger charge is -2.20. The summed E-state index contributed by atoms with van der Waals surface area (Å²) in [6, 6.07) is 16.0. The highest BCUT2D eigenvalue weighted by Crippen LogP contribution is 2.24. The summed E-state index contributed by atoms with van der Waals surface area (Å²) in [6.45, 7) is 8.88.